The van der Waals surface area contributed by atoms with Crippen LogP contribution in [0.2, 0.25) is 0 Å². The maximum Gasteiger partial charge on any atom is 0.134 e. The standard InChI is InChI=1S/C15H26N4/c1-4-8-16-14-12(3)15(18-10-17-14)19-13-7-5-6-11(2)9-13/h10-11,13H,4-9H2,1-3H3,(H2,16,17,18,19). The van der Waals surface area contributed by atoms with Crippen molar-refractivity contribution in [3.8, 4) is 0 Å². The maximum absolute atomic E-state index is 4.40. The number of anilines is 2. The fourth-order valence-corrected chi connectivity index (χ4v) is 2.78. The van der Waals surface area contributed by atoms with Gasteiger partial charge in [0, 0.05) is 18.2 Å². The summed E-state index contributed by atoms with van der Waals surface area (Å²) >= 11 is 0. The van der Waals surface area contributed by atoms with Crippen molar-refractivity contribution in [2.24, 2.45) is 5.92 Å². The Balaban J connectivity index is 2.03. The molecule has 1 aromatic heterocycles. The van der Waals surface area contributed by atoms with Crippen molar-refractivity contribution >= 4 is 11.6 Å². The first kappa shape index (κ1) is 14.1. The van der Waals surface area contributed by atoms with Gasteiger partial charge in [-0.1, -0.05) is 26.7 Å². The highest BCUT2D eigenvalue weighted by Crippen LogP contribution is 2.27. The van der Waals surface area contributed by atoms with Crippen LogP contribution in [0.25, 0.3) is 0 Å². The number of nitrogens with zero attached hydrogens (tertiary/aromatic N) is 2. The summed E-state index contributed by atoms with van der Waals surface area (Å²) in [5, 5.41) is 6.96. The van der Waals surface area contributed by atoms with Gasteiger partial charge in [-0.05, 0) is 32.1 Å². The lowest BCUT2D eigenvalue weighted by molar-refractivity contribution is 0.358. The van der Waals surface area contributed by atoms with Crippen LogP contribution in [0.15, 0.2) is 6.33 Å². The third kappa shape index (κ3) is 3.82. The first-order chi connectivity index (χ1) is 9.20. The Morgan fingerprint density at radius 1 is 1.26 bits per heavy atom. The van der Waals surface area contributed by atoms with Gasteiger partial charge < -0.3 is 10.6 Å². The number of hydrogen-bond acceptors (Lipinski definition) is 4. The van der Waals surface area contributed by atoms with Crippen LogP contribution in [-0.2, 0) is 0 Å². The molecule has 2 unspecified atom stereocenters. The Morgan fingerprint density at radius 2 is 2.05 bits per heavy atom. The predicted octanol–water partition coefficient (Wildman–Crippen LogP) is 3.60. The fourth-order valence-electron chi connectivity index (χ4n) is 2.78. The quantitative estimate of drug-likeness (QED) is 0.851. The molecular formula is C15H26N4. The summed E-state index contributed by atoms with van der Waals surface area (Å²) in [5.41, 5.74) is 1.13. The minimum Gasteiger partial charge on any atom is -0.370 e. The van der Waals surface area contributed by atoms with E-state index in [1.54, 1.807) is 6.33 Å². The van der Waals surface area contributed by atoms with E-state index < -0.39 is 0 Å². The molecule has 1 fully saturated rings. The van der Waals surface area contributed by atoms with Crippen LogP contribution < -0.4 is 10.6 Å². The van der Waals surface area contributed by atoms with Gasteiger partial charge in [-0.3, -0.25) is 0 Å². The third-order valence-electron chi connectivity index (χ3n) is 3.90. The van der Waals surface area contributed by atoms with Crippen molar-refractivity contribution in [1.82, 2.24) is 9.97 Å². The first-order valence-corrected chi connectivity index (χ1v) is 7.52. The molecule has 0 amide bonds. The van der Waals surface area contributed by atoms with Crippen LogP contribution in [0.1, 0.15) is 51.5 Å². The Hall–Kier alpha value is -1.32. The van der Waals surface area contributed by atoms with E-state index in [4.69, 9.17) is 0 Å². The lowest BCUT2D eigenvalue weighted by atomic mass is 9.87. The summed E-state index contributed by atoms with van der Waals surface area (Å²) in [7, 11) is 0. The van der Waals surface area contributed by atoms with Crippen molar-refractivity contribution in [3.05, 3.63) is 11.9 Å². The molecule has 19 heavy (non-hydrogen) atoms. The predicted molar refractivity (Wildman–Crippen MR) is 80.6 cm³/mol. The molecule has 1 aliphatic rings. The van der Waals surface area contributed by atoms with Gasteiger partial charge in [0.2, 0.25) is 0 Å². The van der Waals surface area contributed by atoms with Crippen LogP contribution in [0.5, 0.6) is 0 Å². The molecule has 0 aromatic carbocycles. The van der Waals surface area contributed by atoms with Gasteiger partial charge in [-0.15, -0.1) is 0 Å². The zero-order valence-corrected chi connectivity index (χ0v) is 12.4. The zero-order valence-electron chi connectivity index (χ0n) is 12.4. The highest BCUT2D eigenvalue weighted by molar-refractivity contribution is 5.56. The Kier molecular flexibility index (Phi) is 5.00. The molecule has 106 valence electrons. The van der Waals surface area contributed by atoms with Gasteiger partial charge in [-0.2, -0.15) is 0 Å². The summed E-state index contributed by atoms with van der Waals surface area (Å²) in [6, 6.07) is 0.566. The molecule has 0 spiro atoms. The average molecular weight is 262 g/mol. The summed E-state index contributed by atoms with van der Waals surface area (Å²) in [4.78, 5) is 8.73. The minimum absolute atomic E-state index is 0.566. The lowest BCUT2D eigenvalue weighted by Gasteiger charge is -2.28. The number of rotatable bonds is 5. The van der Waals surface area contributed by atoms with Crippen molar-refractivity contribution in [3.63, 3.8) is 0 Å². The summed E-state index contributed by atoms with van der Waals surface area (Å²) in [5.74, 6) is 2.78. The molecule has 1 saturated carbocycles. The molecule has 1 heterocycles. The number of nitrogens with one attached hydrogen (secondary N) is 2. The number of aromatic nitrogens is 2. The van der Waals surface area contributed by atoms with Crippen molar-refractivity contribution < 1.29 is 0 Å². The van der Waals surface area contributed by atoms with E-state index in [9.17, 15) is 0 Å². The van der Waals surface area contributed by atoms with Crippen LogP contribution >= 0.6 is 0 Å². The molecule has 0 bridgehead atoms. The van der Waals surface area contributed by atoms with Gasteiger partial charge in [-0.25, -0.2) is 9.97 Å². The molecule has 0 radical (unpaired) electrons. The molecular weight excluding hydrogens is 236 g/mol. The first-order valence-electron chi connectivity index (χ1n) is 7.52. The molecule has 4 heteroatoms. The highest BCUT2D eigenvalue weighted by Gasteiger charge is 2.20. The largest absolute Gasteiger partial charge is 0.370 e. The molecule has 0 saturated heterocycles. The van der Waals surface area contributed by atoms with Gasteiger partial charge >= 0.3 is 0 Å². The molecule has 2 atom stereocenters. The van der Waals surface area contributed by atoms with Crippen molar-refractivity contribution in [2.45, 2.75) is 58.9 Å². The van der Waals surface area contributed by atoms with Crippen LogP contribution in [0, 0.1) is 12.8 Å². The van der Waals surface area contributed by atoms with Crippen molar-refractivity contribution in [2.75, 3.05) is 17.2 Å². The fraction of sp³-hybridized carbons (Fsp3) is 0.733. The SMILES string of the molecule is CCCNc1ncnc(NC2CCCC(C)C2)c1C. The topological polar surface area (TPSA) is 49.8 Å². The van der Waals surface area contributed by atoms with E-state index in [2.05, 4.69) is 41.4 Å². The van der Waals surface area contributed by atoms with E-state index in [0.29, 0.717) is 6.04 Å². The molecule has 2 rings (SSSR count). The van der Waals surface area contributed by atoms with Gasteiger partial charge in [0.1, 0.15) is 18.0 Å². The third-order valence-corrected chi connectivity index (χ3v) is 3.90. The Labute approximate surface area is 116 Å². The van der Waals surface area contributed by atoms with E-state index >= 15 is 0 Å². The Bertz CT molecular complexity index is 405. The van der Waals surface area contributed by atoms with Gasteiger partial charge in [0.05, 0.1) is 0 Å². The second-order valence-corrected chi connectivity index (χ2v) is 5.74. The van der Waals surface area contributed by atoms with E-state index in [0.717, 1.165) is 36.1 Å². The maximum atomic E-state index is 4.40. The second-order valence-electron chi connectivity index (χ2n) is 5.74. The number of hydrogen-bond donors (Lipinski definition) is 2. The van der Waals surface area contributed by atoms with Gasteiger partial charge in [0.25, 0.3) is 0 Å². The zero-order chi connectivity index (χ0) is 13.7. The summed E-state index contributed by atoms with van der Waals surface area (Å²) < 4.78 is 0. The van der Waals surface area contributed by atoms with E-state index in [1.807, 2.05) is 0 Å². The minimum atomic E-state index is 0.566. The Morgan fingerprint density at radius 3 is 2.79 bits per heavy atom. The lowest BCUT2D eigenvalue weighted by Crippen LogP contribution is -2.27. The smallest absolute Gasteiger partial charge is 0.134 e. The van der Waals surface area contributed by atoms with E-state index in [-0.39, 0.29) is 0 Å². The monoisotopic (exact) mass is 262 g/mol. The molecule has 4 nitrogen and oxygen atoms in total. The molecule has 1 aliphatic carbocycles. The van der Waals surface area contributed by atoms with E-state index in [1.165, 1.54) is 25.7 Å². The van der Waals surface area contributed by atoms with Crippen LogP contribution in [-0.4, -0.2) is 22.6 Å². The normalized spacial score (nSPS) is 23.1. The second kappa shape index (κ2) is 6.73. The summed E-state index contributed by atoms with van der Waals surface area (Å²) in [6.45, 7) is 7.55. The van der Waals surface area contributed by atoms with Crippen molar-refractivity contribution in [1.29, 1.82) is 0 Å². The molecule has 2 N–H and O–H groups in total. The molecule has 1 aromatic rings. The average Bonchev–Trinajstić information content (AvgIpc) is 2.40. The van der Waals surface area contributed by atoms with Crippen LogP contribution in [0.4, 0.5) is 11.6 Å². The highest BCUT2D eigenvalue weighted by atomic mass is 15.1. The van der Waals surface area contributed by atoms with Gasteiger partial charge in [0.15, 0.2) is 0 Å². The van der Waals surface area contributed by atoms with Crippen LogP contribution in [0.3, 0.4) is 0 Å². The molecule has 0 aliphatic heterocycles. The summed E-state index contributed by atoms with van der Waals surface area (Å²) in [6.07, 6.45) is 7.95.